The molecule has 3 heterocycles. The molecule has 0 spiro atoms. The van der Waals surface area contributed by atoms with E-state index in [-0.39, 0.29) is 0 Å². The Morgan fingerprint density at radius 2 is 1.87 bits per heavy atom. The molecule has 0 saturated carbocycles. The van der Waals surface area contributed by atoms with Crippen molar-refractivity contribution >= 4 is 15.9 Å². The molecule has 2 unspecified atom stereocenters. The Morgan fingerprint density at radius 3 is 2.52 bits per heavy atom. The Bertz CT molecular complexity index is 680. The molecule has 2 aliphatic heterocycles. The summed E-state index contributed by atoms with van der Waals surface area (Å²) in [6.45, 7) is 0.969. The van der Waals surface area contributed by atoms with Crippen molar-refractivity contribution in [2.45, 2.75) is 49.9 Å². The highest BCUT2D eigenvalue weighted by Crippen LogP contribution is 2.46. The van der Waals surface area contributed by atoms with E-state index in [4.69, 9.17) is 0 Å². The van der Waals surface area contributed by atoms with Gasteiger partial charge in [0.15, 0.2) is 0 Å². The molecule has 2 aliphatic rings. The van der Waals surface area contributed by atoms with E-state index in [1.165, 1.54) is 11.9 Å². The van der Waals surface area contributed by atoms with Crippen molar-refractivity contribution in [2.75, 3.05) is 0 Å². The number of halogens is 1. The van der Waals surface area contributed by atoms with Crippen LogP contribution in [0.15, 0.2) is 47.3 Å². The summed E-state index contributed by atoms with van der Waals surface area (Å²) in [5, 5.41) is 11.2. The van der Waals surface area contributed by atoms with Gasteiger partial charge in [0, 0.05) is 24.8 Å². The topological polar surface area (TPSA) is 49.3 Å². The lowest BCUT2D eigenvalue weighted by atomic mass is 9.83. The van der Waals surface area contributed by atoms with Crippen LogP contribution >= 0.6 is 15.9 Å². The third kappa shape index (κ3) is 2.82. The Kier molecular flexibility index (Phi) is 3.95. The van der Waals surface area contributed by atoms with E-state index < -0.39 is 5.60 Å². The molecule has 5 heteroatoms. The molecule has 2 aromatic rings. The average Bonchev–Trinajstić information content (AvgIpc) is 2.80. The number of benzene rings is 1. The third-order valence-corrected chi connectivity index (χ3v) is 5.81. The second-order valence-electron chi connectivity index (χ2n) is 6.70. The number of aliphatic hydroxyl groups is 1. The summed E-state index contributed by atoms with van der Waals surface area (Å²) in [6.07, 6.45) is 7.04. The zero-order valence-corrected chi connectivity index (χ0v) is 14.5. The van der Waals surface area contributed by atoms with Crippen molar-refractivity contribution in [3.05, 3.63) is 58.6 Å². The molecule has 2 fully saturated rings. The predicted octanol–water partition coefficient (Wildman–Crippen LogP) is 3.25. The Balaban J connectivity index is 1.57. The lowest BCUT2D eigenvalue weighted by Gasteiger charge is -2.43. The van der Waals surface area contributed by atoms with Crippen LogP contribution in [0.4, 0.5) is 0 Å². The summed E-state index contributed by atoms with van der Waals surface area (Å²) in [7, 11) is 0. The Hall–Kier alpha value is -1.30. The average molecular weight is 374 g/mol. The molecule has 0 aliphatic carbocycles. The minimum atomic E-state index is -0.846. The summed E-state index contributed by atoms with van der Waals surface area (Å²) in [5.74, 6) is 0. The van der Waals surface area contributed by atoms with E-state index >= 15 is 0 Å². The van der Waals surface area contributed by atoms with E-state index in [2.05, 4.69) is 61.1 Å². The highest BCUT2D eigenvalue weighted by atomic mass is 79.9. The standard InChI is InChI=1S/C18H20BrN3O/c19-16-10-20-12-21-17(16)18(23)8-14-6-7-15(9-18)22(14)11-13-4-2-1-3-5-13/h1-5,10,12,14-15,23H,6-9,11H2. The van der Waals surface area contributed by atoms with Gasteiger partial charge >= 0.3 is 0 Å². The van der Waals surface area contributed by atoms with Gasteiger partial charge in [0.2, 0.25) is 0 Å². The second-order valence-corrected chi connectivity index (χ2v) is 7.56. The molecule has 2 atom stereocenters. The molecule has 1 aromatic heterocycles. The number of aromatic nitrogens is 2. The molecule has 2 saturated heterocycles. The smallest absolute Gasteiger partial charge is 0.115 e. The maximum atomic E-state index is 11.2. The number of rotatable bonds is 3. The van der Waals surface area contributed by atoms with Crippen molar-refractivity contribution < 1.29 is 5.11 Å². The summed E-state index contributed by atoms with van der Waals surface area (Å²) < 4.78 is 0.804. The lowest BCUT2D eigenvalue weighted by molar-refractivity contribution is -0.0629. The van der Waals surface area contributed by atoms with Gasteiger partial charge in [0.05, 0.1) is 10.2 Å². The fourth-order valence-electron chi connectivity index (χ4n) is 4.22. The Labute approximate surface area is 144 Å². The first kappa shape index (κ1) is 15.2. The molecular weight excluding hydrogens is 354 g/mol. The fourth-order valence-corrected chi connectivity index (χ4v) is 4.81. The molecular formula is C18H20BrN3O. The number of fused-ring (bicyclic) bond motifs is 2. The van der Waals surface area contributed by atoms with Crippen molar-refractivity contribution in [3.8, 4) is 0 Å². The van der Waals surface area contributed by atoms with Crippen molar-refractivity contribution in [1.29, 1.82) is 0 Å². The zero-order valence-electron chi connectivity index (χ0n) is 12.9. The van der Waals surface area contributed by atoms with Gasteiger partial charge in [-0.05, 0) is 47.2 Å². The molecule has 4 nitrogen and oxygen atoms in total. The van der Waals surface area contributed by atoms with Crippen LogP contribution < -0.4 is 0 Å². The van der Waals surface area contributed by atoms with Crippen LogP contribution in [0.3, 0.4) is 0 Å². The van der Waals surface area contributed by atoms with Crippen LogP contribution in [0, 0.1) is 0 Å². The number of hydrogen-bond donors (Lipinski definition) is 1. The molecule has 2 bridgehead atoms. The van der Waals surface area contributed by atoms with Crippen molar-refractivity contribution in [1.82, 2.24) is 14.9 Å². The SMILES string of the molecule is OC1(c2ncncc2Br)CC2CCC(C1)N2Cc1ccccc1. The van der Waals surface area contributed by atoms with Gasteiger partial charge < -0.3 is 5.11 Å². The molecule has 1 N–H and O–H groups in total. The number of nitrogens with zero attached hydrogens (tertiary/aromatic N) is 3. The normalized spacial score (nSPS) is 30.5. The van der Waals surface area contributed by atoms with Gasteiger partial charge in [-0.3, -0.25) is 4.90 Å². The third-order valence-electron chi connectivity index (χ3n) is 5.23. The fraction of sp³-hybridized carbons (Fsp3) is 0.444. The lowest BCUT2D eigenvalue weighted by Crippen LogP contribution is -2.49. The summed E-state index contributed by atoms with van der Waals surface area (Å²) in [6, 6.07) is 11.4. The van der Waals surface area contributed by atoms with Crippen molar-refractivity contribution in [3.63, 3.8) is 0 Å². The predicted molar refractivity (Wildman–Crippen MR) is 91.7 cm³/mol. The first-order valence-electron chi connectivity index (χ1n) is 8.14. The highest BCUT2D eigenvalue weighted by Gasteiger charge is 2.49. The largest absolute Gasteiger partial charge is 0.383 e. The zero-order chi connectivity index (χ0) is 15.9. The summed E-state index contributed by atoms with van der Waals surface area (Å²) in [5.41, 5.74) is 1.24. The first-order chi connectivity index (χ1) is 11.2. The summed E-state index contributed by atoms with van der Waals surface area (Å²) >= 11 is 3.50. The van der Waals surface area contributed by atoms with E-state index in [0.717, 1.165) is 42.4 Å². The quantitative estimate of drug-likeness (QED) is 0.896. The van der Waals surface area contributed by atoms with Crippen LogP contribution in [0.1, 0.15) is 36.9 Å². The van der Waals surface area contributed by atoms with E-state index in [1.54, 1.807) is 6.20 Å². The second kappa shape index (κ2) is 5.96. The number of hydrogen-bond acceptors (Lipinski definition) is 4. The van der Waals surface area contributed by atoms with Gasteiger partial charge in [-0.1, -0.05) is 30.3 Å². The van der Waals surface area contributed by atoms with E-state index in [0.29, 0.717) is 12.1 Å². The summed E-state index contributed by atoms with van der Waals surface area (Å²) in [4.78, 5) is 10.9. The monoisotopic (exact) mass is 373 g/mol. The van der Waals surface area contributed by atoms with E-state index in [9.17, 15) is 5.11 Å². The maximum Gasteiger partial charge on any atom is 0.115 e. The molecule has 4 rings (SSSR count). The maximum absolute atomic E-state index is 11.2. The van der Waals surface area contributed by atoms with Crippen LogP contribution in [0.2, 0.25) is 0 Å². The first-order valence-corrected chi connectivity index (χ1v) is 8.93. The van der Waals surface area contributed by atoms with E-state index in [1.807, 2.05) is 0 Å². The molecule has 120 valence electrons. The molecule has 0 amide bonds. The number of piperidine rings is 1. The van der Waals surface area contributed by atoms with Gasteiger partial charge in [0.25, 0.3) is 0 Å². The molecule has 0 radical (unpaired) electrons. The molecule has 1 aromatic carbocycles. The van der Waals surface area contributed by atoms with Gasteiger partial charge in [-0.2, -0.15) is 0 Å². The van der Waals surface area contributed by atoms with Gasteiger partial charge in [-0.15, -0.1) is 0 Å². The van der Waals surface area contributed by atoms with Gasteiger partial charge in [-0.25, -0.2) is 9.97 Å². The van der Waals surface area contributed by atoms with Crippen molar-refractivity contribution in [2.24, 2.45) is 0 Å². The highest BCUT2D eigenvalue weighted by molar-refractivity contribution is 9.10. The molecule has 23 heavy (non-hydrogen) atoms. The van der Waals surface area contributed by atoms with Crippen LogP contribution in [-0.2, 0) is 12.1 Å². The van der Waals surface area contributed by atoms with Gasteiger partial charge in [0.1, 0.15) is 11.9 Å². The van der Waals surface area contributed by atoms with Crippen LogP contribution in [0.25, 0.3) is 0 Å². The Morgan fingerprint density at radius 1 is 1.17 bits per heavy atom. The minimum absolute atomic E-state index is 0.417. The minimum Gasteiger partial charge on any atom is -0.383 e. The van der Waals surface area contributed by atoms with Crippen LogP contribution in [-0.4, -0.2) is 32.1 Å². The van der Waals surface area contributed by atoms with Crippen LogP contribution in [0.5, 0.6) is 0 Å².